The summed E-state index contributed by atoms with van der Waals surface area (Å²) in [5.41, 5.74) is 2.89. The van der Waals surface area contributed by atoms with Gasteiger partial charge in [0.25, 0.3) is 0 Å². The number of hydrogen-bond acceptors (Lipinski definition) is 4. The third-order valence-corrected chi connectivity index (χ3v) is 2.12. The van der Waals surface area contributed by atoms with Crippen molar-refractivity contribution in [3.05, 3.63) is 12.7 Å². The van der Waals surface area contributed by atoms with Crippen LogP contribution in [0, 0.1) is 0 Å². The van der Waals surface area contributed by atoms with Gasteiger partial charge in [-0.15, -0.1) is 6.58 Å². The highest BCUT2D eigenvalue weighted by Crippen LogP contribution is 2.18. The normalized spacial score (nSPS) is 14.8. The number of unbranched alkanes of at least 4 members (excludes halogenated alkanes) is 1. The minimum atomic E-state index is -1.98. The van der Waals surface area contributed by atoms with Crippen LogP contribution >= 0.6 is 0 Å². The molecule has 0 aromatic carbocycles. The summed E-state index contributed by atoms with van der Waals surface area (Å²) >= 11 is 0. The number of ether oxygens (including phenoxy) is 1. The zero-order valence-corrected chi connectivity index (χ0v) is 10.7. The number of nitrogens with two attached hydrogens (primary N) is 1. The monoisotopic (exact) mass is 243 g/mol. The molecule has 0 bridgehead atoms. The maximum Gasteiger partial charge on any atom is 0.338 e. The number of rotatable bonds is 6. The number of carbonyl (C=O) groups excluding carboxylic acids is 1. The van der Waals surface area contributed by atoms with Crippen molar-refractivity contribution in [2.24, 2.45) is 5.73 Å². The first-order valence-corrected chi connectivity index (χ1v) is 5.50. The fourth-order valence-corrected chi connectivity index (χ4v) is 1.19. The van der Waals surface area contributed by atoms with Crippen LogP contribution in [-0.2, 0) is 14.3 Å². The largest absolute Gasteiger partial charge is 0.479 e. The highest BCUT2D eigenvalue weighted by Gasteiger charge is 2.44. The minimum Gasteiger partial charge on any atom is -0.479 e. The Morgan fingerprint density at radius 3 is 2.29 bits per heavy atom. The summed E-state index contributed by atoms with van der Waals surface area (Å²) in [6.45, 7) is 8.52. The number of aliphatic carboxylic acids is 1. The van der Waals surface area contributed by atoms with Crippen molar-refractivity contribution < 1.29 is 19.4 Å². The number of hydrogen-bond donors (Lipinski definition) is 2. The predicted molar refractivity (Wildman–Crippen MR) is 64.4 cm³/mol. The Kier molecular flexibility index (Phi) is 5.35. The van der Waals surface area contributed by atoms with Crippen LogP contribution in [0.25, 0.3) is 0 Å². The van der Waals surface area contributed by atoms with Crippen molar-refractivity contribution in [2.45, 2.75) is 51.2 Å². The first kappa shape index (κ1) is 15.6. The van der Waals surface area contributed by atoms with Gasteiger partial charge in [-0.25, -0.2) is 9.59 Å². The van der Waals surface area contributed by atoms with Gasteiger partial charge in [0.2, 0.25) is 5.54 Å². The van der Waals surface area contributed by atoms with Crippen LogP contribution in [0.15, 0.2) is 12.7 Å². The van der Waals surface area contributed by atoms with E-state index in [2.05, 4.69) is 6.58 Å². The molecule has 0 aliphatic rings. The Labute approximate surface area is 102 Å². The standard InChI is InChI=1S/C12H21NO4/c1-5-6-7-8-12(13,9(14)15)10(16)17-11(2,3)4/h5H,1,6-8,13H2,2-4H3,(H,14,15). The van der Waals surface area contributed by atoms with Gasteiger partial charge in [-0.1, -0.05) is 6.08 Å². The molecule has 0 aromatic heterocycles. The molecule has 0 heterocycles. The molecule has 5 nitrogen and oxygen atoms in total. The van der Waals surface area contributed by atoms with Crippen molar-refractivity contribution in [2.75, 3.05) is 0 Å². The van der Waals surface area contributed by atoms with Crippen molar-refractivity contribution in [1.29, 1.82) is 0 Å². The van der Waals surface area contributed by atoms with Crippen molar-refractivity contribution in [3.8, 4) is 0 Å². The quantitative estimate of drug-likeness (QED) is 0.319. The lowest BCUT2D eigenvalue weighted by atomic mass is 9.93. The summed E-state index contributed by atoms with van der Waals surface area (Å²) < 4.78 is 5.02. The zero-order valence-electron chi connectivity index (χ0n) is 10.7. The van der Waals surface area contributed by atoms with E-state index in [1.54, 1.807) is 26.8 Å². The Morgan fingerprint density at radius 1 is 1.41 bits per heavy atom. The van der Waals surface area contributed by atoms with Gasteiger partial charge in [0.15, 0.2) is 0 Å². The van der Waals surface area contributed by atoms with Crippen LogP contribution in [0.1, 0.15) is 40.0 Å². The Morgan fingerprint density at radius 2 is 1.94 bits per heavy atom. The molecule has 0 radical (unpaired) electrons. The summed E-state index contributed by atoms with van der Waals surface area (Å²) in [5, 5.41) is 9.05. The number of carbonyl (C=O) groups is 2. The van der Waals surface area contributed by atoms with E-state index in [0.29, 0.717) is 12.8 Å². The maximum absolute atomic E-state index is 11.8. The van der Waals surface area contributed by atoms with Crippen LogP contribution in [0.3, 0.4) is 0 Å². The van der Waals surface area contributed by atoms with Gasteiger partial charge in [-0.05, 0) is 40.0 Å². The number of esters is 1. The molecule has 0 aliphatic carbocycles. The summed E-state index contributed by atoms with van der Waals surface area (Å²) in [6, 6.07) is 0. The van der Waals surface area contributed by atoms with E-state index >= 15 is 0 Å². The Hall–Kier alpha value is -1.36. The smallest absolute Gasteiger partial charge is 0.338 e. The molecule has 0 aliphatic heterocycles. The predicted octanol–water partition coefficient (Wildman–Crippen LogP) is 1.47. The SMILES string of the molecule is C=CCCCC(N)(C(=O)O)C(=O)OC(C)(C)C. The second-order valence-corrected chi connectivity index (χ2v) is 4.96. The molecule has 0 amide bonds. The van der Waals surface area contributed by atoms with Gasteiger partial charge in [-0.3, -0.25) is 0 Å². The van der Waals surface area contributed by atoms with Gasteiger partial charge in [0.05, 0.1) is 0 Å². The summed E-state index contributed by atoms with van der Waals surface area (Å²) in [5.74, 6) is -2.27. The van der Waals surface area contributed by atoms with E-state index in [1.807, 2.05) is 0 Å². The molecule has 0 aromatic rings. The molecule has 0 saturated carbocycles. The van der Waals surface area contributed by atoms with E-state index in [4.69, 9.17) is 15.6 Å². The molecule has 0 rings (SSSR count). The van der Waals surface area contributed by atoms with Gasteiger partial charge >= 0.3 is 11.9 Å². The first-order chi connectivity index (χ1) is 7.63. The van der Waals surface area contributed by atoms with E-state index in [1.165, 1.54) is 0 Å². The number of carboxylic acid groups (broad SMARTS) is 1. The van der Waals surface area contributed by atoms with Crippen LogP contribution in [-0.4, -0.2) is 28.2 Å². The molecule has 1 unspecified atom stereocenters. The van der Waals surface area contributed by atoms with Crippen LogP contribution in [0.2, 0.25) is 0 Å². The molecule has 1 atom stereocenters. The fraction of sp³-hybridized carbons (Fsp3) is 0.667. The number of allylic oxidation sites excluding steroid dienone is 1. The van der Waals surface area contributed by atoms with E-state index < -0.39 is 23.1 Å². The molecule has 3 N–H and O–H groups in total. The second kappa shape index (κ2) is 5.82. The molecule has 17 heavy (non-hydrogen) atoms. The summed E-state index contributed by atoms with van der Waals surface area (Å²) in [7, 11) is 0. The Balaban J connectivity index is 4.76. The average molecular weight is 243 g/mol. The Bertz CT molecular complexity index is 306. The molecule has 0 spiro atoms. The second-order valence-electron chi connectivity index (χ2n) is 4.96. The average Bonchev–Trinajstić information content (AvgIpc) is 2.14. The van der Waals surface area contributed by atoms with Gasteiger partial charge in [-0.2, -0.15) is 0 Å². The highest BCUT2D eigenvalue weighted by atomic mass is 16.6. The molecule has 5 heteroatoms. The molecule has 0 fully saturated rings. The molecule has 0 saturated heterocycles. The van der Waals surface area contributed by atoms with Crippen LogP contribution in [0.5, 0.6) is 0 Å². The molecular formula is C12H21NO4. The number of carboxylic acids is 1. The topological polar surface area (TPSA) is 89.6 Å². The van der Waals surface area contributed by atoms with Crippen LogP contribution < -0.4 is 5.73 Å². The summed E-state index contributed by atoms with van der Waals surface area (Å²) in [4.78, 5) is 22.9. The fourth-order valence-electron chi connectivity index (χ4n) is 1.19. The lowest BCUT2D eigenvalue weighted by Gasteiger charge is -2.28. The van der Waals surface area contributed by atoms with Gasteiger partial charge < -0.3 is 15.6 Å². The van der Waals surface area contributed by atoms with Crippen molar-refractivity contribution in [3.63, 3.8) is 0 Å². The van der Waals surface area contributed by atoms with E-state index in [0.717, 1.165) is 0 Å². The minimum absolute atomic E-state index is 0.0310. The van der Waals surface area contributed by atoms with Gasteiger partial charge in [0.1, 0.15) is 5.60 Å². The molecular weight excluding hydrogens is 222 g/mol. The lowest BCUT2D eigenvalue weighted by Crippen LogP contribution is -2.57. The first-order valence-electron chi connectivity index (χ1n) is 5.50. The summed E-state index contributed by atoms with van der Waals surface area (Å²) in [6.07, 6.45) is 2.77. The zero-order chi connectivity index (χ0) is 13.7. The third kappa shape index (κ3) is 4.99. The lowest BCUT2D eigenvalue weighted by molar-refractivity contribution is -0.169. The van der Waals surface area contributed by atoms with E-state index in [9.17, 15) is 9.59 Å². The van der Waals surface area contributed by atoms with Crippen LogP contribution in [0.4, 0.5) is 0 Å². The highest BCUT2D eigenvalue weighted by molar-refractivity contribution is 6.03. The molecule has 98 valence electrons. The van der Waals surface area contributed by atoms with Gasteiger partial charge in [0, 0.05) is 0 Å². The van der Waals surface area contributed by atoms with Crippen molar-refractivity contribution >= 4 is 11.9 Å². The third-order valence-electron chi connectivity index (χ3n) is 2.12. The van der Waals surface area contributed by atoms with E-state index in [-0.39, 0.29) is 6.42 Å². The van der Waals surface area contributed by atoms with Crippen molar-refractivity contribution in [1.82, 2.24) is 0 Å². The maximum atomic E-state index is 11.8.